The number of hydrogen-bond donors (Lipinski definition) is 0. The van der Waals surface area contributed by atoms with Gasteiger partial charge in [-0.05, 0) is 34.1 Å². The number of carbonyl (C=O) groups is 1. The van der Waals surface area contributed by atoms with Crippen LogP contribution in [0.1, 0.15) is 0 Å². The molecular formula is C8H3Br2F3O2. The standard InChI is InChI=1S/C8H3Br2F3O2/c9-4-1-2-6(5(10)3-4)15-7(14)8(11,12)13/h1-3H. The Bertz CT molecular complexity index is 390. The van der Waals surface area contributed by atoms with Crippen molar-refractivity contribution in [3.63, 3.8) is 0 Å². The van der Waals surface area contributed by atoms with Gasteiger partial charge in [-0.2, -0.15) is 13.2 Å². The highest BCUT2D eigenvalue weighted by Crippen LogP contribution is 2.30. The quantitative estimate of drug-likeness (QED) is 0.572. The van der Waals surface area contributed by atoms with Gasteiger partial charge in [0.1, 0.15) is 5.75 Å². The van der Waals surface area contributed by atoms with Gasteiger partial charge in [-0.25, -0.2) is 4.79 Å². The molecule has 0 aromatic heterocycles. The van der Waals surface area contributed by atoms with Crippen molar-refractivity contribution in [2.45, 2.75) is 6.18 Å². The second kappa shape index (κ2) is 4.52. The van der Waals surface area contributed by atoms with Crippen molar-refractivity contribution in [3.8, 4) is 5.75 Å². The van der Waals surface area contributed by atoms with E-state index >= 15 is 0 Å². The van der Waals surface area contributed by atoms with E-state index in [0.717, 1.165) is 0 Å². The Hall–Kier alpha value is -0.560. The molecule has 1 aromatic rings. The lowest BCUT2D eigenvalue weighted by atomic mass is 10.3. The third-order valence-corrected chi connectivity index (χ3v) is 2.44. The van der Waals surface area contributed by atoms with Gasteiger partial charge in [0.05, 0.1) is 4.47 Å². The van der Waals surface area contributed by atoms with Gasteiger partial charge in [0.25, 0.3) is 0 Å². The number of esters is 1. The second-order valence-electron chi connectivity index (χ2n) is 2.46. The summed E-state index contributed by atoms with van der Waals surface area (Å²) in [6.45, 7) is 0. The van der Waals surface area contributed by atoms with Crippen LogP contribution in [-0.4, -0.2) is 12.1 Å². The Morgan fingerprint density at radius 2 is 1.87 bits per heavy atom. The molecule has 15 heavy (non-hydrogen) atoms. The zero-order chi connectivity index (χ0) is 11.6. The maximum atomic E-state index is 11.8. The Morgan fingerprint density at radius 1 is 1.27 bits per heavy atom. The van der Waals surface area contributed by atoms with Crippen molar-refractivity contribution in [3.05, 3.63) is 27.1 Å². The molecule has 82 valence electrons. The topological polar surface area (TPSA) is 26.3 Å². The van der Waals surface area contributed by atoms with Gasteiger partial charge in [-0.1, -0.05) is 15.9 Å². The fraction of sp³-hybridized carbons (Fsp3) is 0.125. The molecular weight excluding hydrogens is 345 g/mol. The summed E-state index contributed by atoms with van der Waals surface area (Å²) < 4.78 is 40.6. The molecule has 0 aliphatic carbocycles. The molecule has 0 atom stereocenters. The van der Waals surface area contributed by atoms with Crippen LogP contribution in [0.3, 0.4) is 0 Å². The summed E-state index contributed by atoms with van der Waals surface area (Å²) in [6.07, 6.45) is -4.99. The van der Waals surface area contributed by atoms with Crippen LogP contribution in [0.2, 0.25) is 0 Å². The van der Waals surface area contributed by atoms with E-state index in [2.05, 4.69) is 36.6 Å². The molecule has 0 bridgehead atoms. The summed E-state index contributed by atoms with van der Waals surface area (Å²) in [5.74, 6) is -2.42. The molecule has 0 unspecified atom stereocenters. The summed E-state index contributed by atoms with van der Waals surface area (Å²) in [5, 5.41) is 0. The van der Waals surface area contributed by atoms with Gasteiger partial charge >= 0.3 is 12.1 Å². The van der Waals surface area contributed by atoms with E-state index in [-0.39, 0.29) is 10.2 Å². The minimum Gasteiger partial charge on any atom is -0.419 e. The zero-order valence-corrected chi connectivity index (χ0v) is 10.1. The summed E-state index contributed by atoms with van der Waals surface area (Å²) in [7, 11) is 0. The van der Waals surface area contributed by atoms with Crippen molar-refractivity contribution in [2.24, 2.45) is 0 Å². The number of halogens is 5. The Morgan fingerprint density at radius 3 is 2.33 bits per heavy atom. The number of ether oxygens (including phenoxy) is 1. The Kier molecular flexibility index (Phi) is 3.77. The van der Waals surface area contributed by atoms with Crippen LogP contribution in [0.15, 0.2) is 27.1 Å². The van der Waals surface area contributed by atoms with E-state index < -0.39 is 12.1 Å². The molecule has 2 nitrogen and oxygen atoms in total. The highest BCUT2D eigenvalue weighted by atomic mass is 79.9. The first-order chi connectivity index (χ1) is 6.80. The number of carbonyl (C=O) groups excluding carboxylic acids is 1. The molecule has 0 saturated heterocycles. The monoisotopic (exact) mass is 346 g/mol. The average Bonchev–Trinajstić information content (AvgIpc) is 2.08. The fourth-order valence-corrected chi connectivity index (χ4v) is 1.84. The number of benzene rings is 1. The molecule has 0 amide bonds. The molecule has 7 heteroatoms. The highest BCUT2D eigenvalue weighted by molar-refractivity contribution is 9.11. The molecule has 0 aliphatic heterocycles. The summed E-state index contributed by atoms with van der Waals surface area (Å²) >= 11 is 6.08. The maximum absolute atomic E-state index is 11.8. The third-order valence-electron chi connectivity index (χ3n) is 1.33. The smallest absolute Gasteiger partial charge is 0.419 e. The van der Waals surface area contributed by atoms with Crippen LogP contribution in [-0.2, 0) is 4.79 Å². The lowest BCUT2D eigenvalue weighted by Gasteiger charge is -2.08. The first-order valence-electron chi connectivity index (χ1n) is 3.55. The lowest BCUT2D eigenvalue weighted by molar-refractivity contribution is -0.189. The van der Waals surface area contributed by atoms with Crippen LogP contribution >= 0.6 is 31.9 Å². The van der Waals surface area contributed by atoms with Gasteiger partial charge in [-0.3, -0.25) is 0 Å². The van der Waals surface area contributed by atoms with Crippen LogP contribution in [0.4, 0.5) is 13.2 Å². The summed E-state index contributed by atoms with van der Waals surface area (Å²) in [4.78, 5) is 10.5. The van der Waals surface area contributed by atoms with Crippen molar-refractivity contribution < 1.29 is 22.7 Å². The first-order valence-corrected chi connectivity index (χ1v) is 5.13. The van der Waals surface area contributed by atoms with E-state index in [0.29, 0.717) is 4.47 Å². The molecule has 0 N–H and O–H groups in total. The number of rotatable bonds is 1. The van der Waals surface area contributed by atoms with Crippen LogP contribution in [0, 0.1) is 0 Å². The predicted molar refractivity (Wildman–Crippen MR) is 53.5 cm³/mol. The Balaban J connectivity index is 2.87. The largest absolute Gasteiger partial charge is 0.491 e. The van der Waals surface area contributed by atoms with Crippen LogP contribution < -0.4 is 4.74 Å². The molecule has 0 saturated carbocycles. The minimum absolute atomic E-state index is 0.180. The third kappa shape index (κ3) is 3.49. The van der Waals surface area contributed by atoms with Gasteiger partial charge in [0.2, 0.25) is 0 Å². The molecule has 0 aliphatic rings. The lowest BCUT2D eigenvalue weighted by Crippen LogP contribution is -2.28. The predicted octanol–water partition coefficient (Wildman–Crippen LogP) is 3.68. The van der Waals surface area contributed by atoms with Crippen LogP contribution in [0.25, 0.3) is 0 Å². The van der Waals surface area contributed by atoms with E-state index in [9.17, 15) is 18.0 Å². The minimum atomic E-state index is -4.99. The molecule has 0 heterocycles. The zero-order valence-electron chi connectivity index (χ0n) is 6.94. The van der Waals surface area contributed by atoms with Crippen molar-refractivity contribution in [1.29, 1.82) is 0 Å². The number of hydrogen-bond acceptors (Lipinski definition) is 2. The van der Waals surface area contributed by atoms with Crippen molar-refractivity contribution >= 4 is 37.8 Å². The molecule has 0 spiro atoms. The molecule has 1 rings (SSSR count). The van der Waals surface area contributed by atoms with Gasteiger partial charge in [0.15, 0.2) is 0 Å². The summed E-state index contributed by atoms with van der Waals surface area (Å²) in [6, 6.07) is 4.18. The molecule has 1 aromatic carbocycles. The SMILES string of the molecule is O=C(Oc1ccc(Br)cc1Br)C(F)(F)F. The summed E-state index contributed by atoms with van der Waals surface area (Å²) in [5.41, 5.74) is 0. The first kappa shape index (κ1) is 12.5. The van der Waals surface area contributed by atoms with E-state index in [1.54, 1.807) is 0 Å². The molecule has 0 fully saturated rings. The fourth-order valence-electron chi connectivity index (χ4n) is 0.716. The Labute approximate surface area is 99.7 Å². The molecule has 0 radical (unpaired) electrons. The van der Waals surface area contributed by atoms with Gasteiger partial charge in [0, 0.05) is 4.47 Å². The van der Waals surface area contributed by atoms with Crippen LogP contribution in [0.5, 0.6) is 5.75 Å². The average molecular weight is 348 g/mol. The van der Waals surface area contributed by atoms with Gasteiger partial charge in [-0.15, -0.1) is 0 Å². The van der Waals surface area contributed by atoms with Crippen molar-refractivity contribution in [2.75, 3.05) is 0 Å². The normalized spacial score (nSPS) is 11.3. The van der Waals surface area contributed by atoms with E-state index in [4.69, 9.17) is 0 Å². The second-order valence-corrected chi connectivity index (χ2v) is 4.23. The van der Waals surface area contributed by atoms with E-state index in [1.807, 2.05) is 0 Å². The highest BCUT2D eigenvalue weighted by Gasteiger charge is 2.41. The maximum Gasteiger partial charge on any atom is 0.491 e. The van der Waals surface area contributed by atoms with Crippen molar-refractivity contribution in [1.82, 2.24) is 0 Å². The van der Waals surface area contributed by atoms with Gasteiger partial charge < -0.3 is 4.74 Å². The number of alkyl halides is 3. The van der Waals surface area contributed by atoms with E-state index in [1.165, 1.54) is 18.2 Å².